The number of aromatic nitrogens is 1. The summed E-state index contributed by atoms with van der Waals surface area (Å²) >= 11 is 5.83. The number of nitrogens with one attached hydrogen (secondary N) is 1. The van der Waals surface area contributed by atoms with E-state index in [0.717, 1.165) is 0 Å². The zero-order valence-electron chi connectivity index (χ0n) is 13.7. The zero-order valence-corrected chi connectivity index (χ0v) is 14.4. The van der Waals surface area contributed by atoms with E-state index in [2.05, 4.69) is 10.3 Å². The van der Waals surface area contributed by atoms with Gasteiger partial charge < -0.3 is 10.1 Å². The van der Waals surface area contributed by atoms with Crippen LogP contribution in [0.25, 0.3) is 0 Å². The van der Waals surface area contributed by atoms with Crippen LogP contribution in [-0.4, -0.2) is 23.3 Å². The van der Waals surface area contributed by atoms with E-state index in [4.69, 9.17) is 16.3 Å². The molecule has 1 amide bonds. The predicted octanol–water partition coefficient (Wildman–Crippen LogP) is 3.98. The van der Waals surface area contributed by atoms with E-state index in [-0.39, 0.29) is 18.3 Å². The maximum absolute atomic E-state index is 12.4. The summed E-state index contributed by atoms with van der Waals surface area (Å²) < 4.78 is 5.44. The molecule has 1 aromatic heterocycles. The lowest BCUT2D eigenvalue weighted by Gasteiger charge is -2.08. The van der Waals surface area contributed by atoms with Crippen molar-refractivity contribution >= 4 is 29.0 Å². The van der Waals surface area contributed by atoms with Gasteiger partial charge in [0.1, 0.15) is 5.75 Å². The van der Waals surface area contributed by atoms with Crippen molar-refractivity contribution in [1.82, 2.24) is 4.98 Å². The fraction of sp³-hybridized carbons (Fsp3) is 0.0500. The number of halogens is 1. The van der Waals surface area contributed by atoms with Crippen molar-refractivity contribution < 1.29 is 14.3 Å². The molecule has 6 heteroatoms. The van der Waals surface area contributed by atoms with Crippen LogP contribution in [0.5, 0.6) is 5.75 Å². The van der Waals surface area contributed by atoms with Gasteiger partial charge in [-0.05, 0) is 60.7 Å². The molecular weight excluding hydrogens is 352 g/mol. The molecule has 1 N–H and O–H groups in total. The molecule has 1 heterocycles. The van der Waals surface area contributed by atoms with Crippen LogP contribution < -0.4 is 10.1 Å². The topological polar surface area (TPSA) is 68.3 Å². The number of benzene rings is 2. The molecule has 2 aromatic carbocycles. The lowest BCUT2D eigenvalue weighted by Crippen LogP contribution is -2.20. The molecule has 5 nitrogen and oxygen atoms in total. The van der Waals surface area contributed by atoms with Crippen LogP contribution in [0, 0.1) is 0 Å². The number of ether oxygens (including phenoxy) is 1. The highest BCUT2D eigenvalue weighted by Gasteiger charge is 2.09. The van der Waals surface area contributed by atoms with Gasteiger partial charge in [-0.2, -0.15) is 0 Å². The Labute approximate surface area is 155 Å². The monoisotopic (exact) mass is 366 g/mol. The highest BCUT2D eigenvalue weighted by atomic mass is 35.5. The maximum Gasteiger partial charge on any atom is 0.262 e. The Morgan fingerprint density at radius 1 is 0.885 bits per heavy atom. The Morgan fingerprint density at radius 2 is 1.46 bits per heavy atom. The summed E-state index contributed by atoms with van der Waals surface area (Å²) in [6.45, 7) is -0.132. The van der Waals surface area contributed by atoms with Gasteiger partial charge in [0.2, 0.25) is 0 Å². The van der Waals surface area contributed by atoms with E-state index in [1.54, 1.807) is 73.1 Å². The number of anilines is 1. The van der Waals surface area contributed by atoms with Crippen molar-refractivity contribution in [1.29, 1.82) is 0 Å². The highest BCUT2D eigenvalue weighted by molar-refractivity contribution is 6.30. The highest BCUT2D eigenvalue weighted by Crippen LogP contribution is 2.17. The van der Waals surface area contributed by atoms with Crippen LogP contribution in [0.3, 0.4) is 0 Å². The fourth-order valence-corrected chi connectivity index (χ4v) is 2.38. The van der Waals surface area contributed by atoms with Crippen LogP contribution in [0.4, 0.5) is 5.69 Å². The lowest BCUT2D eigenvalue weighted by atomic mass is 10.0. The lowest BCUT2D eigenvalue weighted by molar-refractivity contribution is -0.118. The van der Waals surface area contributed by atoms with Crippen molar-refractivity contribution in [2.75, 3.05) is 11.9 Å². The Hall–Kier alpha value is -3.18. The molecule has 0 radical (unpaired) electrons. The molecule has 0 aliphatic rings. The third kappa shape index (κ3) is 4.68. The van der Waals surface area contributed by atoms with E-state index >= 15 is 0 Å². The number of nitrogens with zero attached hydrogens (tertiary/aromatic N) is 1. The van der Waals surface area contributed by atoms with Gasteiger partial charge in [-0.25, -0.2) is 0 Å². The molecule has 0 atom stereocenters. The van der Waals surface area contributed by atoms with Crippen LogP contribution in [0.1, 0.15) is 15.9 Å². The van der Waals surface area contributed by atoms with Gasteiger partial charge in [0.05, 0.1) is 0 Å². The molecule has 0 spiro atoms. The van der Waals surface area contributed by atoms with Crippen LogP contribution in [0.15, 0.2) is 73.1 Å². The predicted molar refractivity (Wildman–Crippen MR) is 99.7 cm³/mol. The van der Waals surface area contributed by atoms with E-state index in [9.17, 15) is 9.59 Å². The van der Waals surface area contributed by atoms with E-state index < -0.39 is 0 Å². The van der Waals surface area contributed by atoms with Gasteiger partial charge in [-0.1, -0.05) is 11.6 Å². The first kappa shape index (κ1) is 17.6. The van der Waals surface area contributed by atoms with E-state index in [1.807, 2.05) is 0 Å². The molecule has 3 rings (SSSR count). The van der Waals surface area contributed by atoms with Gasteiger partial charge in [-0.3, -0.25) is 14.6 Å². The summed E-state index contributed by atoms with van der Waals surface area (Å²) in [4.78, 5) is 28.1. The third-order valence-corrected chi connectivity index (χ3v) is 3.81. The van der Waals surface area contributed by atoms with Crippen molar-refractivity contribution in [3.05, 3.63) is 89.2 Å². The first-order valence-electron chi connectivity index (χ1n) is 7.85. The van der Waals surface area contributed by atoms with Gasteiger partial charge in [0.15, 0.2) is 12.4 Å². The first-order chi connectivity index (χ1) is 12.6. The molecular formula is C20H15ClN2O3. The largest absolute Gasteiger partial charge is 0.484 e. The van der Waals surface area contributed by atoms with Gasteiger partial charge in [0, 0.05) is 34.2 Å². The number of hydrogen-bond donors (Lipinski definition) is 1. The quantitative estimate of drug-likeness (QED) is 0.670. The minimum absolute atomic E-state index is 0.108. The summed E-state index contributed by atoms with van der Waals surface area (Å²) in [7, 11) is 0. The molecule has 130 valence electrons. The second-order valence-electron chi connectivity index (χ2n) is 5.43. The molecule has 26 heavy (non-hydrogen) atoms. The van der Waals surface area contributed by atoms with Crippen LogP contribution in [-0.2, 0) is 4.79 Å². The van der Waals surface area contributed by atoms with Crippen molar-refractivity contribution in [3.8, 4) is 5.75 Å². The number of amides is 1. The average Bonchev–Trinajstić information content (AvgIpc) is 2.68. The van der Waals surface area contributed by atoms with Crippen molar-refractivity contribution in [2.24, 2.45) is 0 Å². The molecule has 0 aliphatic carbocycles. The Kier molecular flexibility index (Phi) is 5.61. The van der Waals surface area contributed by atoms with Gasteiger partial charge in [-0.15, -0.1) is 0 Å². The number of carbonyl (C=O) groups excluding carboxylic acids is 2. The molecule has 0 unspecified atom stereocenters. The SMILES string of the molecule is O=C(COc1ccc(C(=O)c2ccc(Cl)cc2)cc1)Nc1ccncc1. The standard InChI is InChI=1S/C20H15ClN2O3/c21-16-5-1-14(2-6-16)20(25)15-3-7-18(8-4-15)26-13-19(24)23-17-9-11-22-12-10-17/h1-12H,13H2,(H,22,23,24). The van der Waals surface area contributed by atoms with Gasteiger partial charge in [0.25, 0.3) is 5.91 Å². The Balaban J connectivity index is 1.56. The minimum Gasteiger partial charge on any atom is -0.484 e. The molecule has 0 saturated carbocycles. The summed E-state index contributed by atoms with van der Waals surface area (Å²) in [6, 6.07) is 16.7. The number of carbonyl (C=O) groups is 2. The molecule has 0 aliphatic heterocycles. The zero-order chi connectivity index (χ0) is 18.4. The Bertz CT molecular complexity index is 895. The normalized spacial score (nSPS) is 10.2. The maximum atomic E-state index is 12.4. The summed E-state index contributed by atoms with van der Waals surface area (Å²) in [5.74, 6) is 0.115. The average molecular weight is 367 g/mol. The number of hydrogen-bond acceptors (Lipinski definition) is 4. The van der Waals surface area contributed by atoms with Crippen molar-refractivity contribution in [2.45, 2.75) is 0 Å². The second-order valence-corrected chi connectivity index (χ2v) is 5.87. The molecule has 0 fully saturated rings. The molecule has 0 bridgehead atoms. The summed E-state index contributed by atoms with van der Waals surface area (Å²) in [5.41, 5.74) is 1.73. The Morgan fingerprint density at radius 3 is 2.08 bits per heavy atom. The van der Waals surface area contributed by atoms with Crippen LogP contribution >= 0.6 is 11.6 Å². The van der Waals surface area contributed by atoms with Crippen molar-refractivity contribution in [3.63, 3.8) is 0 Å². The number of pyridine rings is 1. The smallest absolute Gasteiger partial charge is 0.262 e. The first-order valence-corrected chi connectivity index (χ1v) is 8.22. The van der Waals surface area contributed by atoms with Crippen LogP contribution in [0.2, 0.25) is 5.02 Å². The van der Waals surface area contributed by atoms with E-state index in [1.165, 1.54) is 0 Å². The minimum atomic E-state index is -0.280. The van der Waals surface area contributed by atoms with Gasteiger partial charge >= 0.3 is 0 Å². The molecule has 0 saturated heterocycles. The summed E-state index contributed by atoms with van der Waals surface area (Å²) in [6.07, 6.45) is 3.18. The van der Waals surface area contributed by atoms with E-state index in [0.29, 0.717) is 27.6 Å². The summed E-state index contributed by atoms with van der Waals surface area (Å²) in [5, 5.41) is 3.28. The number of ketones is 1. The second kappa shape index (κ2) is 8.27. The fourth-order valence-electron chi connectivity index (χ4n) is 2.25. The number of rotatable bonds is 6. The molecule has 3 aromatic rings. The third-order valence-electron chi connectivity index (χ3n) is 3.56.